The number of allylic oxidation sites excluding steroid dienone is 1. The van der Waals surface area contributed by atoms with E-state index in [9.17, 15) is 0 Å². The predicted octanol–water partition coefficient (Wildman–Crippen LogP) is 4.29. The molecule has 12 heavy (non-hydrogen) atoms. The molecule has 0 aromatic heterocycles. The van der Waals surface area contributed by atoms with Crippen LogP contribution in [0, 0.1) is 0 Å². The van der Waals surface area contributed by atoms with Crippen LogP contribution in [0.25, 0.3) is 0 Å². The van der Waals surface area contributed by atoms with Crippen molar-refractivity contribution in [2.24, 2.45) is 0 Å². The van der Waals surface area contributed by atoms with Crippen LogP contribution in [0.1, 0.15) is 13.3 Å². The van der Waals surface area contributed by atoms with Gasteiger partial charge < -0.3 is 0 Å². The minimum atomic E-state index is -1.61. The second-order valence-electron chi connectivity index (χ2n) is 4.06. The van der Waals surface area contributed by atoms with Gasteiger partial charge in [0.1, 0.15) is 0 Å². The molecule has 0 amide bonds. The van der Waals surface area contributed by atoms with Crippen LogP contribution in [0.5, 0.6) is 0 Å². The fourth-order valence-corrected chi connectivity index (χ4v) is 7.00. The lowest BCUT2D eigenvalue weighted by molar-refractivity contribution is 1.18. The molecule has 0 atom stereocenters. The minimum absolute atomic E-state index is 1.05. The highest BCUT2D eigenvalue weighted by atomic mass is 35.6. The van der Waals surface area contributed by atoms with E-state index in [1.165, 1.54) is 5.20 Å². The molecular weight excluding hydrogens is 223 g/mol. The fourth-order valence-electron chi connectivity index (χ4n) is 1.11. The lowest BCUT2D eigenvalue weighted by Crippen LogP contribution is -2.25. The first kappa shape index (κ1) is 12.8. The van der Waals surface area contributed by atoms with Gasteiger partial charge in [0.05, 0.1) is 0 Å². The van der Waals surface area contributed by atoms with E-state index < -0.39 is 14.8 Å². The largest absolute Gasteiger partial charge is 0.176 e. The van der Waals surface area contributed by atoms with Crippen molar-refractivity contribution in [1.82, 2.24) is 0 Å². The summed E-state index contributed by atoms with van der Waals surface area (Å²) in [5.74, 6) is 0. The molecule has 0 heterocycles. The third kappa shape index (κ3) is 5.41. The van der Waals surface area contributed by atoms with Crippen LogP contribution in [0.3, 0.4) is 0 Å². The molecule has 0 bridgehead atoms. The SMILES string of the molecule is CCC(=C[Si](C)(C)Cl)[Si](C)(C)Cl. The van der Waals surface area contributed by atoms with Crippen molar-refractivity contribution in [1.29, 1.82) is 0 Å². The maximum Gasteiger partial charge on any atom is 0.176 e. The molecule has 0 saturated carbocycles. The van der Waals surface area contributed by atoms with Crippen molar-refractivity contribution in [3.63, 3.8) is 0 Å². The Balaban J connectivity index is 4.68. The summed E-state index contributed by atoms with van der Waals surface area (Å²) in [6.45, 7) is 10.7. The maximum atomic E-state index is 6.34. The van der Waals surface area contributed by atoms with Crippen molar-refractivity contribution in [2.45, 2.75) is 39.5 Å². The monoisotopic (exact) mass is 240 g/mol. The van der Waals surface area contributed by atoms with Gasteiger partial charge in [0, 0.05) is 0 Å². The lowest BCUT2D eigenvalue weighted by atomic mass is 10.5. The second-order valence-corrected chi connectivity index (χ2v) is 16.8. The summed E-state index contributed by atoms with van der Waals surface area (Å²) in [6, 6.07) is 0. The zero-order valence-electron chi connectivity index (χ0n) is 8.54. The fraction of sp³-hybridized carbons (Fsp3) is 0.750. The number of hydrogen-bond acceptors (Lipinski definition) is 0. The first-order valence-corrected chi connectivity index (χ1v) is 12.4. The third-order valence-corrected chi connectivity index (χ3v) is 6.07. The normalized spacial score (nSPS) is 15.1. The van der Waals surface area contributed by atoms with Gasteiger partial charge in [-0.2, -0.15) is 22.2 Å². The molecule has 0 spiro atoms. The zero-order chi connectivity index (χ0) is 9.99. The summed E-state index contributed by atoms with van der Waals surface area (Å²) in [5, 5.41) is 1.40. The molecule has 0 rings (SSSR count). The Morgan fingerprint density at radius 3 is 1.67 bits per heavy atom. The van der Waals surface area contributed by atoms with E-state index in [1.54, 1.807) is 0 Å². The first-order valence-electron chi connectivity index (χ1n) is 4.27. The molecule has 0 aromatic rings. The number of hydrogen-bond donors (Lipinski definition) is 0. The van der Waals surface area contributed by atoms with Crippen molar-refractivity contribution >= 4 is 36.9 Å². The Kier molecular flexibility index (Phi) is 4.58. The van der Waals surface area contributed by atoms with E-state index in [0.717, 1.165) is 6.42 Å². The van der Waals surface area contributed by atoms with Crippen LogP contribution >= 0.6 is 22.2 Å². The summed E-state index contributed by atoms with van der Waals surface area (Å²) >= 11 is 12.6. The van der Waals surface area contributed by atoms with E-state index in [-0.39, 0.29) is 0 Å². The van der Waals surface area contributed by atoms with Gasteiger partial charge in [-0.05, 0) is 6.42 Å². The van der Waals surface area contributed by atoms with Gasteiger partial charge >= 0.3 is 0 Å². The third-order valence-electron chi connectivity index (χ3n) is 1.66. The van der Waals surface area contributed by atoms with Crippen LogP contribution < -0.4 is 0 Å². The molecule has 4 heteroatoms. The van der Waals surface area contributed by atoms with Gasteiger partial charge in [0.15, 0.2) is 14.8 Å². The molecule has 0 aliphatic rings. The molecule has 0 fully saturated rings. The maximum absolute atomic E-state index is 6.34. The van der Waals surface area contributed by atoms with E-state index in [2.05, 4.69) is 38.8 Å². The first-order chi connectivity index (χ1) is 5.17. The molecule has 0 unspecified atom stereocenters. The van der Waals surface area contributed by atoms with E-state index in [0.29, 0.717) is 0 Å². The van der Waals surface area contributed by atoms with Gasteiger partial charge in [-0.3, -0.25) is 0 Å². The van der Waals surface area contributed by atoms with Gasteiger partial charge in [0.2, 0.25) is 0 Å². The summed E-state index contributed by atoms with van der Waals surface area (Å²) in [4.78, 5) is 0. The Bertz CT molecular complexity index is 174. The molecule has 72 valence electrons. The molecular formula is C8H18Cl2Si2. The predicted molar refractivity (Wildman–Crippen MR) is 65.0 cm³/mol. The summed E-state index contributed by atoms with van der Waals surface area (Å²) < 4.78 is 0. The van der Waals surface area contributed by atoms with Crippen LogP contribution in [-0.4, -0.2) is 14.8 Å². The van der Waals surface area contributed by atoms with Crippen molar-refractivity contribution in [3.8, 4) is 0 Å². The Labute approximate surface area is 87.4 Å². The van der Waals surface area contributed by atoms with E-state index in [1.807, 2.05) is 0 Å². The average molecular weight is 241 g/mol. The molecule has 0 saturated heterocycles. The average Bonchev–Trinajstić information content (AvgIpc) is 1.78. The topological polar surface area (TPSA) is 0 Å². The standard InChI is InChI=1S/C8H18Cl2Si2/c1-6-8(12(4,5)10)7-11(2,3)9/h7H,6H2,1-5H3. The number of halogens is 2. The Morgan fingerprint density at radius 1 is 1.17 bits per heavy atom. The van der Waals surface area contributed by atoms with Crippen LogP contribution in [-0.2, 0) is 0 Å². The van der Waals surface area contributed by atoms with Crippen molar-refractivity contribution < 1.29 is 0 Å². The smallest absolute Gasteiger partial charge is 0.162 e. The van der Waals surface area contributed by atoms with Crippen molar-refractivity contribution in [2.75, 3.05) is 0 Å². The summed E-state index contributed by atoms with van der Waals surface area (Å²) in [7, 11) is -3.20. The Hall–Kier alpha value is 0.754. The summed E-state index contributed by atoms with van der Waals surface area (Å²) in [6.07, 6.45) is 1.05. The van der Waals surface area contributed by atoms with E-state index in [4.69, 9.17) is 22.2 Å². The van der Waals surface area contributed by atoms with Crippen molar-refractivity contribution in [3.05, 3.63) is 10.9 Å². The molecule has 0 aromatic carbocycles. The van der Waals surface area contributed by atoms with E-state index >= 15 is 0 Å². The van der Waals surface area contributed by atoms with Gasteiger partial charge in [-0.15, -0.1) is 0 Å². The highest BCUT2D eigenvalue weighted by molar-refractivity contribution is 7.26. The van der Waals surface area contributed by atoms with Crippen LogP contribution in [0.2, 0.25) is 26.2 Å². The van der Waals surface area contributed by atoms with Crippen LogP contribution in [0.15, 0.2) is 10.9 Å². The molecule has 0 nitrogen and oxygen atoms in total. The van der Waals surface area contributed by atoms with Gasteiger partial charge in [-0.25, -0.2) is 0 Å². The highest BCUT2D eigenvalue weighted by Gasteiger charge is 2.25. The molecule has 0 radical (unpaired) electrons. The highest BCUT2D eigenvalue weighted by Crippen LogP contribution is 2.25. The minimum Gasteiger partial charge on any atom is -0.162 e. The molecule has 0 aliphatic carbocycles. The molecule has 0 N–H and O–H groups in total. The molecule has 0 aliphatic heterocycles. The lowest BCUT2D eigenvalue weighted by Gasteiger charge is -2.19. The Morgan fingerprint density at radius 2 is 1.58 bits per heavy atom. The summed E-state index contributed by atoms with van der Waals surface area (Å²) in [5.41, 5.74) is 2.24. The van der Waals surface area contributed by atoms with Crippen LogP contribution in [0.4, 0.5) is 0 Å². The number of rotatable bonds is 3. The second kappa shape index (κ2) is 4.31. The van der Waals surface area contributed by atoms with Gasteiger partial charge in [0.25, 0.3) is 0 Å². The van der Waals surface area contributed by atoms with Gasteiger partial charge in [-0.1, -0.05) is 44.0 Å². The zero-order valence-corrected chi connectivity index (χ0v) is 12.1. The quantitative estimate of drug-likeness (QED) is 0.511.